The molecule has 8 heteroatoms. The number of benzene rings is 2. The van der Waals surface area contributed by atoms with Crippen LogP contribution in [0.5, 0.6) is 0 Å². The molecule has 0 unspecified atom stereocenters. The number of H-pyrrole nitrogens is 1. The molecule has 0 saturated carbocycles. The van der Waals surface area contributed by atoms with Crippen LogP contribution in [0, 0.1) is 6.92 Å². The second-order valence-corrected chi connectivity index (χ2v) is 7.46. The van der Waals surface area contributed by atoms with E-state index in [9.17, 15) is 4.79 Å². The molecule has 0 radical (unpaired) electrons. The van der Waals surface area contributed by atoms with Gasteiger partial charge in [0.1, 0.15) is 23.2 Å². The number of para-hydroxylation sites is 2. The molecular formula is C24H17N6O2+. The van der Waals surface area contributed by atoms with Crippen molar-refractivity contribution in [3.05, 3.63) is 94.9 Å². The van der Waals surface area contributed by atoms with Gasteiger partial charge in [-0.3, -0.25) is 0 Å². The van der Waals surface area contributed by atoms with E-state index >= 15 is 0 Å². The van der Waals surface area contributed by atoms with Crippen molar-refractivity contribution in [1.82, 2.24) is 19.2 Å². The number of hydrogen-bond acceptors (Lipinski definition) is 5. The molecule has 6 aromatic rings. The summed E-state index contributed by atoms with van der Waals surface area (Å²) in [5.74, 6) is 0.585. The summed E-state index contributed by atoms with van der Waals surface area (Å²) in [5, 5.41) is 4.96. The Morgan fingerprint density at radius 2 is 1.78 bits per heavy atom. The van der Waals surface area contributed by atoms with Gasteiger partial charge in [0, 0.05) is 0 Å². The topological polar surface area (TPSA) is 92.3 Å². The molecule has 0 aliphatic carbocycles. The number of nitrogens with one attached hydrogen (secondary N) is 1. The number of fused-ring (bicyclic) bond motifs is 4. The molecular weight excluding hydrogens is 404 g/mol. The van der Waals surface area contributed by atoms with Crippen LogP contribution < -0.4 is 10.5 Å². The summed E-state index contributed by atoms with van der Waals surface area (Å²) < 4.78 is 8.52. The number of aryl methyl sites for hydroxylation is 1. The van der Waals surface area contributed by atoms with Gasteiger partial charge in [-0.15, -0.1) is 9.78 Å². The van der Waals surface area contributed by atoms with E-state index in [-0.39, 0.29) is 5.56 Å². The minimum Gasteiger partial charge on any atom is -0.463 e. The van der Waals surface area contributed by atoms with Crippen LogP contribution in [0.4, 0.5) is 0 Å². The highest BCUT2D eigenvalue weighted by atomic mass is 16.3. The first-order valence-corrected chi connectivity index (χ1v) is 10.1. The number of furan rings is 1. The summed E-state index contributed by atoms with van der Waals surface area (Å²) in [4.78, 5) is 26.3. The fraction of sp³-hybridized carbons (Fsp3) is 0.0417. The summed E-state index contributed by atoms with van der Waals surface area (Å²) in [5.41, 5.74) is 4.57. The smallest absolute Gasteiger partial charge is 0.327 e. The molecule has 32 heavy (non-hydrogen) atoms. The minimum atomic E-state index is -0.205. The highest BCUT2D eigenvalue weighted by Gasteiger charge is 2.25. The fourth-order valence-corrected chi connectivity index (χ4v) is 3.76. The maximum absolute atomic E-state index is 13.6. The number of hydrogen-bond donors (Lipinski definition) is 0. The maximum atomic E-state index is 13.6. The van der Waals surface area contributed by atoms with Crippen molar-refractivity contribution >= 4 is 39.4 Å². The van der Waals surface area contributed by atoms with Crippen molar-refractivity contribution in [3.8, 4) is 5.69 Å². The van der Waals surface area contributed by atoms with Gasteiger partial charge in [0.2, 0.25) is 5.65 Å². The SMILES string of the molecule is Cc1ccc(-n2c[nH+]c3c(c2=O)c2nc4ccccc4nc2n3N=Cc2ccco2)cc1. The van der Waals surface area contributed by atoms with E-state index in [2.05, 4.69) is 10.1 Å². The van der Waals surface area contributed by atoms with Crippen molar-refractivity contribution in [2.24, 2.45) is 5.10 Å². The third kappa shape index (κ3) is 2.81. The molecule has 0 spiro atoms. The van der Waals surface area contributed by atoms with Crippen LogP contribution in [-0.2, 0) is 0 Å². The van der Waals surface area contributed by atoms with Crippen LogP contribution in [0.1, 0.15) is 11.3 Å². The molecule has 0 saturated heterocycles. The Morgan fingerprint density at radius 1 is 1.00 bits per heavy atom. The molecule has 2 aromatic carbocycles. The third-order valence-electron chi connectivity index (χ3n) is 5.36. The van der Waals surface area contributed by atoms with Gasteiger partial charge >= 0.3 is 5.56 Å². The lowest BCUT2D eigenvalue weighted by molar-refractivity contribution is -0.356. The molecule has 0 bridgehead atoms. The monoisotopic (exact) mass is 421 g/mol. The van der Waals surface area contributed by atoms with Gasteiger partial charge in [-0.05, 0) is 43.3 Å². The normalized spacial score (nSPS) is 11.9. The molecule has 6 rings (SSSR count). The lowest BCUT2D eigenvalue weighted by Gasteiger charge is -2.01. The van der Waals surface area contributed by atoms with Gasteiger partial charge in [-0.1, -0.05) is 29.8 Å². The Balaban J connectivity index is 1.69. The molecule has 0 aliphatic rings. The summed E-state index contributed by atoms with van der Waals surface area (Å²) in [6.45, 7) is 2.01. The van der Waals surface area contributed by atoms with Crippen LogP contribution in [0.25, 0.3) is 38.9 Å². The van der Waals surface area contributed by atoms with Crippen LogP contribution in [0.15, 0.2) is 87.6 Å². The molecule has 8 nitrogen and oxygen atoms in total. The van der Waals surface area contributed by atoms with Gasteiger partial charge in [0.15, 0.2) is 11.7 Å². The van der Waals surface area contributed by atoms with Gasteiger partial charge in [-0.25, -0.2) is 19.7 Å². The van der Waals surface area contributed by atoms with Gasteiger partial charge in [-0.2, -0.15) is 4.57 Å². The third-order valence-corrected chi connectivity index (χ3v) is 5.36. The van der Waals surface area contributed by atoms with Gasteiger partial charge in [0.25, 0.3) is 5.65 Å². The van der Waals surface area contributed by atoms with Crippen LogP contribution in [0.2, 0.25) is 0 Å². The van der Waals surface area contributed by atoms with E-state index < -0.39 is 0 Å². The van der Waals surface area contributed by atoms with Crippen LogP contribution >= 0.6 is 0 Å². The highest BCUT2D eigenvalue weighted by molar-refractivity contribution is 6.03. The average Bonchev–Trinajstić information content (AvgIpc) is 3.43. The first-order valence-electron chi connectivity index (χ1n) is 10.1. The number of nitrogens with zero attached hydrogens (tertiary/aromatic N) is 5. The first-order chi connectivity index (χ1) is 15.7. The Hall–Kier alpha value is -4.59. The second kappa shape index (κ2) is 6.98. The summed E-state index contributed by atoms with van der Waals surface area (Å²) >= 11 is 0. The maximum Gasteiger partial charge on any atom is 0.327 e. The summed E-state index contributed by atoms with van der Waals surface area (Å²) in [6.07, 6.45) is 4.79. The second-order valence-electron chi connectivity index (χ2n) is 7.46. The lowest BCUT2D eigenvalue weighted by Crippen LogP contribution is -2.25. The first kappa shape index (κ1) is 18.2. The van der Waals surface area contributed by atoms with Crippen LogP contribution in [-0.4, -0.2) is 25.4 Å². The predicted molar refractivity (Wildman–Crippen MR) is 121 cm³/mol. The highest BCUT2D eigenvalue weighted by Crippen LogP contribution is 2.24. The van der Waals surface area contributed by atoms with E-state index in [1.54, 1.807) is 40.2 Å². The number of rotatable bonds is 3. The van der Waals surface area contributed by atoms with Crippen molar-refractivity contribution in [1.29, 1.82) is 0 Å². The molecule has 4 aromatic heterocycles. The number of aromatic nitrogens is 5. The average molecular weight is 421 g/mol. The Morgan fingerprint density at radius 3 is 2.53 bits per heavy atom. The molecule has 1 N–H and O–H groups in total. The molecule has 0 amide bonds. The van der Waals surface area contributed by atoms with Crippen LogP contribution in [0.3, 0.4) is 0 Å². The Labute approximate surface area is 181 Å². The lowest BCUT2D eigenvalue weighted by atomic mass is 10.2. The van der Waals surface area contributed by atoms with Crippen molar-refractivity contribution < 1.29 is 9.40 Å². The van der Waals surface area contributed by atoms with Gasteiger partial charge < -0.3 is 4.42 Å². The Bertz CT molecular complexity index is 1690. The zero-order valence-electron chi connectivity index (χ0n) is 17.1. The number of aromatic amines is 1. The molecule has 0 fully saturated rings. The van der Waals surface area contributed by atoms with Gasteiger partial charge in [0.05, 0.1) is 17.3 Å². The predicted octanol–water partition coefficient (Wildman–Crippen LogP) is 3.49. The van der Waals surface area contributed by atoms with E-state index in [1.807, 2.05) is 55.5 Å². The standard InChI is InChI=1S/C24H16N6O2/c1-15-8-10-16(11-9-15)29-14-25-22-20(24(29)31)21-23(28-19-7-3-2-6-18(19)27-21)30(22)26-13-17-5-4-12-32-17/h2-14H,1H3/p+1. The summed E-state index contributed by atoms with van der Waals surface area (Å²) in [6, 6.07) is 18.9. The summed E-state index contributed by atoms with van der Waals surface area (Å²) in [7, 11) is 0. The minimum absolute atomic E-state index is 0.205. The zero-order chi connectivity index (χ0) is 21.7. The Kier molecular flexibility index (Phi) is 3.97. The molecule has 4 heterocycles. The van der Waals surface area contributed by atoms with Crippen molar-refractivity contribution in [3.63, 3.8) is 0 Å². The quantitative estimate of drug-likeness (QED) is 0.409. The zero-order valence-corrected chi connectivity index (χ0v) is 17.1. The largest absolute Gasteiger partial charge is 0.463 e. The molecule has 0 atom stereocenters. The van der Waals surface area contributed by atoms with E-state index in [4.69, 9.17) is 14.4 Å². The fourth-order valence-electron chi connectivity index (χ4n) is 3.76. The van der Waals surface area contributed by atoms with E-state index in [1.165, 1.54) is 0 Å². The van der Waals surface area contributed by atoms with Crippen molar-refractivity contribution in [2.45, 2.75) is 6.92 Å². The molecule has 0 aliphatic heterocycles. The van der Waals surface area contributed by atoms with Crippen molar-refractivity contribution in [2.75, 3.05) is 0 Å². The van der Waals surface area contributed by atoms with E-state index in [0.29, 0.717) is 33.5 Å². The molecule has 154 valence electrons. The van der Waals surface area contributed by atoms with E-state index in [0.717, 1.165) is 16.8 Å².